The molecule has 1 N–H and O–H groups in total. The van der Waals surface area contributed by atoms with Crippen LogP contribution < -0.4 is 4.74 Å². The molecule has 102 valence electrons. The van der Waals surface area contributed by atoms with Crippen molar-refractivity contribution < 1.29 is 14.2 Å². The Morgan fingerprint density at radius 2 is 2.00 bits per heavy atom. The fourth-order valence-corrected chi connectivity index (χ4v) is 1.78. The maximum absolute atomic E-state index is 13.5. The van der Waals surface area contributed by atoms with E-state index in [2.05, 4.69) is 11.8 Å². The lowest BCUT2D eigenvalue weighted by molar-refractivity contribution is 0.299. The number of aliphatic hydroxyl groups excluding tert-OH is 1. The van der Waals surface area contributed by atoms with Gasteiger partial charge in [0.25, 0.3) is 0 Å². The summed E-state index contributed by atoms with van der Waals surface area (Å²) in [6.45, 7) is 1.94. The maximum atomic E-state index is 13.5. The van der Waals surface area contributed by atoms with Gasteiger partial charge in [-0.25, -0.2) is 4.39 Å². The quantitative estimate of drug-likeness (QED) is 0.869. The van der Waals surface area contributed by atoms with Crippen molar-refractivity contribution in [1.82, 2.24) is 0 Å². The van der Waals surface area contributed by atoms with Gasteiger partial charge >= 0.3 is 0 Å². The van der Waals surface area contributed by atoms with Crippen molar-refractivity contribution in [2.24, 2.45) is 0 Å². The van der Waals surface area contributed by atoms with Gasteiger partial charge in [-0.2, -0.15) is 0 Å². The molecule has 2 aromatic carbocycles. The number of hydrogen-bond donors (Lipinski definition) is 1. The summed E-state index contributed by atoms with van der Waals surface area (Å²) in [6, 6.07) is 12.0. The Labute approximate surface area is 117 Å². The zero-order valence-electron chi connectivity index (χ0n) is 11.2. The molecule has 0 aliphatic rings. The largest absolute Gasteiger partial charge is 0.489 e. The van der Waals surface area contributed by atoms with Crippen molar-refractivity contribution in [3.63, 3.8) is 0 Å². The minimum absolute atomic E-state index is 0.162. The van der Waals surface area contributed by atoms with E-state index in [0.717, 1.165) is 11.1 Å². The lowest BCUT2D eigenvalue weighted by Crippen LogP contribution is -1.98. The molecule has 0 fully saturated rings. The predicted octanol–water partition coefficient (Wildman–Crippen LogP) is 3.06. The first kappa shape index (κ1) is 14.1. The lowest BCUT2D eigenvalue weighted by Gasteiger charge is -2.08. The van der Waals surface area contributed by atoms with Gasteiger partial charge in [0.15, 0.2) is 0 Å². The summed E-state index contributed by atoms with van der Waals surface area (Å²) in [6.07, 6.45) is 0. The highest BCUT2D eigenvalue weighted by Crippen LogP contribution is 2.18. The van der Waals surface area contributed by atoms with E-state index >= 15 is 0 Å². The van der Waals surface area contributed by atoms with Crippen molar-refractivity contribution >= 4 is 0 Å². The average Bonchev–Trinajstić information content (AvgIpc) is 2.45. The molecule has 0 aliphatic heterocycles. The molecule has 0 atom stereocenters. The molecule has 0 heterocycles. The third-order valence-electron chi connectivity index (χ3n) is 2.85. The molecule has 2 nitrogen and oxygen atoms in total. The first-order valence-corrected chi connectivity index (χ1v) is 6.27. The molecular formula is C17H15FO2. The number of benzene rings is 2. The third-order valence-corrected chi connectivity index (χ3v) is 2.85. The van der Waals surface area contributed by atoms with Gasteiger partial charge < -0.3 is 9.84 Å². The lowest BCUT2D eigenvalue weighted by atomic mass is 10.1. The molecule has 0 aromatic heterocycles. The van der Waals surface area contributed by atoms with Crippen LogP contribution in [-0.4, -0.2) is 11.7 Å². The molecule has 3 heteroatoms. The number of aliphatic hydroxyl groups is 1. The van der Waals surface area contributed by atoms with Crippen LogP contribution in [0.1, 0.15) is 16.7 Å². The van der Waals surface area contributed by atoms with Crippen LogP contribution in [0.3, 0.4) is 0 Å². The number of aryl methyl sites for hydroxylation is 1. The smallest absolute Gasteiger partial charge is 0.129 e. The second kappa shape index (κ2) is 6.74. The molecule has 20 heavy (non-hydrogen) atoms. The molecule has 0 radical (unpaired) electrons. The highest BCUT2D eigenvalue weighted by atomic mass is 19.1. The van der Waals surface area contributed by atoms with Crippen LogP contribution in [0.15, 0.2) is 42.5 Å². The SMILES string of the molecule is Cc1cc(OCc2ccccc2F)ccc1C#CCO. The van der Waals surface area contributed by atoms with Crippen molar-refractivity contribution in [3.05, 3.63) is 65.0 Å². The van der Waals surface area contributed by atoms with Crippen LogP contribution >= 0.6 is 0 Å². The zero-order chi connectivity index (χ0) is 14.4. The Hall–Kier alpha value is -2.31. The first-order chi connectivity index (χ1) is 9.70. The van der Waals surface area contributed by atoms with Gasteiger partial charge in [0, 0.05) is 11.1 Å². The second-order valence-corrected chi connectivity index (χ2v) is 4.32. The van der Waals surface area contributed by atoms with Gasteiger partial charge in [-0.15, -0.1) is 0 Å². The molecular weight excluding hydrogens is 255 g/mol. The molecule has 2 rings (SSSR count). The Balaban J connectivity index is 2.08. The molecule has 0 aliphatic carbocycles. The predicted molar refractivity (Wildman–Crippen MR) is 75.9 cm³/mol. The van der Waals surface area contributed by atoms with Gasteiger partial charge in [0.1, 0.15) is 24.8 Å². The van der Waals surface area contributed by atoms with E-state index in [1.165, 1.54) is 6.07 Å². The van der Waals surface area contributed by atoms with Crippen molar-refractivity contribution in [2.45, 2.75) is 13.5 Å². The molecule has 0 saturated carbocycles. The topological polar surface area (TPSA) is 29.5 Å². The van der Waals surface area contributed by atoms with E-state index in [9.17, 15) is 4.39 Å². The normalized spacial score (nSPS) is 9.75. The fourth-order valence-electron chi connectivity index (χ4n) is 1.78. The maximum Gasteiger partial charge on any atom is 0.129 e. The zero-order valence-corrected chi connectivity index (χ0v) is 11.2. The summed E-state index contributed by atoms with van der Waals surface area (Å²) >= 11 is 0. The van der Waals surface area contributed by atoms with Gasteiger partial charge in [-0.05, 0) is 36.8 Å². The minimum Gasteiger partial charge on any atom is -0.489 e. The number of rotatable bonds is 3. The Morgan fingerprint density at radius 1 is 1.20 bits per heavy atom. The Morgan fingerprint density at radius 3 is 2.70 bits per heavy atom. The Bertz CT molecular complexity index is 654. The molecule has 0 bridgehead atoms. The van der Waals surface area contributed by atoms with E-state index in [1.807, 2.05) is 19.1 Å². The third kappa shape index (κ3) is 3.59. The summed E-state index contributed by atoms with van der Waals surface area (Å²) in [5.74, 6) is 5.86. The van der Waals surface area contributed by atoms with E-state index < -0.39 is 0 Å². The average molecular weight is 270 g/mol. The van der Waals surface area contributed by atoms with Gasteiger partial charge in [0.05, 0.1) is 0 Å². The summed E-state index contributed by atoms with van der Waals surface area (Å²) in [5, 5.41) is 8.68. The monoisotopic (exact) mass is 270 g/mol. The molecule has 0 saturated heterocycles. The second-order valence-electron chi connectivity index (χ2n) is 4.32. The van der Waals surface area contributed by atoms with Crippen molar-refractivity contribution in [2.75, 3.05) is 6.61 Å². The number of halogens is 1. The van der Waals surface area contributed by atoms with Crippen LogP contribution in [0.5, 0.6) is 5.75 Å². The first-order valence-electron chi connectivity index (χ1n) is 6.27. The van der Waals surface area contributed by atoms with Crippen molar-refractivity contribution in [3.8, 4) is 17.6 Å². The number of ether oxygens (including phenoxy) is 1. The fraction of sp³-hybridized carbons (Fsp3) is 0.176. The van der Waals surface area contributed by atoms with Gasteiger partial charge in [-0.1, -0.05) is 30.0 Å². The van der Waals surface area contributed by atoms with E-state index in [1.54, 1.807) is 24.3 Å². The van der Waals surface area contributed by atoms with Crippen LogP contribution in [0.4, 0.5) is 4.39 Å². The van der Waals surface area contributed by atoms with Crippen LogP contribution in [0.2, 0.25) is 0 Å². The summed E-state index contributed by atoms with van der Waals surface area (Å²) in [4.78, 5) is 0. The highest BCUT2D eigenvalue weighted by molar-refractivity contribution is 5.44. The standard InChI is InChI=1S/C17H15FO2/c1-13-11-16(9-8-14(13)6-4-10-19)20-12-15-5-2-3-7-17(15)18/h2-3,5,7-9,11,19H,10,12H2,1H3. The minimum atomic E-state index is -0.269. The van der Waals surface area contributed by atoms with E-state index in [4.69, 9.17) is 9.84 Å². The summed E-state index contributed by atoms with van der Waals surface area (Å²) in [7, 11) is 0. The summed E-state index contributed by atoms with van der Waals surface area (Å²) in [5.41, 5.74) is 2.32. The molecule has 2 aromatic rings. The van der Waals surface area contributed by atoms with Gasteiger partial charge in [-0.3, -0.25) is 0 Å². The summed E-state index contributed by atoms with van der Waals surface area (Å²) < 4.78 is 19.0. The highest BCUT2D eigenvalue weighted by Gasteiger charge is 2.03. The van der Waals surface area contributed by atoms with Crippen LogP contribution in [0.25, 0.3) is 0 Å². The van der Waals surface area contributed by atoms with Crippen LogP contribution in [-0.2, 0) is 6.61 Å². The Kier molecular flexibility index (Phi) is 4.75. The molecule has 0 spiro atoms. The van der Waals surface area contributed by atoms with E-state index in [0.29, 0.717) is 11.3 Å². The van der Waals surface area contributed by atoms with Gasteiger partial charge in [0.2, 0.25) is 0 Å². The number of hydrogen-bond acceptors (Lipinski definition) is 2. The molecule has 0 unspecified atom stereocenters. The van der Waals surface area contributed by atoms with Crippen molar-refractivity contribution in [1.29, 1.82) is 0 Å². The van der Waals surface area contributed by atoms with E-state index in [-0.39, 0.29) is 19.0 Å². The van der Waals surface area contributed by atoms with Crippen LogP contribution in [0, 0.1) is 24.6 Å². The molecule has 0 amide bonds.